The number of unbranched alkanes of at least 4 members (excludes halogenated alkanes) is 1. The quantitative estimate of drug-likeness (QED) is 0.191. The van der Waals surface area contributed by atoms with Crippen LogP contribution in [0, 0.1) is 29.5 Å². The van der Waals surface area contributed by atoms with E-state index in [9.17, 15) is 14.0 Å². The summed E-state index contributed by atoms with van der Waals surface area (Å²) in [4.78, 5) is 31.5. The largest absolute Gasteiger partial charge is 0.494 e. The molecule has 7 nitrogen and oxygen atoms in total. The molecule has 2 bridgehead atoms. The van der Waals surface area contributed by atoms with E-state index in [1.807, 2.05) is 6.92 Å². The van der Waals surface area contributed by atoms with Gasteiger partial charge in [-0.3, -0.25) is 19.5 Å². The van der Waals surface area contributed by atoms with E-state index < -0.39 is 0 Å². The number of carbonyl (C=O) groups is 2. The monoisotopic (exact) mass is 442 g/mol. The van der Waals surface area contributed by atoms with Crippen LogP contribution in [0.2, 0.25) is 0 Å². The number of benzene rings is 1. The molecule has 8 heteroatoms. The first-order valence-electron chi connectivity index (χ1n) is 11.5. The molecule has 1 saturated heterocycles. The summed E-state index contributed by atoms with van der Waals surface area (Å²) in [5, 5.41) is 6.42. The number of allylic oxidation sites excluding steroid dienone is 2. The van der Waals surface area contributed by atoms with Gasteiger partial charge in [0.1, 0.15) is 11.6 Å². The molecule has 4 atom stereocenters. The average Bonchev–Trinajstić information content (AvgIpc) is 3.47. The number of likely N-dealkylation sites (tertiary alicyclic amines) is 1. The number of rotatable bonds is 10. The van der Waals surface area contributed by atoms with Gasteiger partial charge in [-0.25, -0.2) is 4.39 Å². The predicted octanol–water partition coefficient (Wildman–Crippen LogP) is 2.35. The molecular weight excluding hydrogens is 411 g/mol. The molecule has 1 aliphatic heterocycles. The van der Waals surface area contributed by atoms with E-state index in [0.29, 0.717) is 38.0 Å². The zero-order valence-corrected chi connectivity index (χ0v) is 18.4. The molecule has 1 aromatic rings. The van der Waals surface area contributed by atoms with Crippen molar-refractivity contribution in [3.05, 3.63) is 42.2 Å². The van der Waals surface area contributed by atoms with Crippen LogP contribution in [0.25, 0.3) is 0 Å². The van der Waals surface area contributed by atoms with Crippen molar-refractivity contribution in [1.82, 2.24) is 15.5 Å². The highest BCUT2D eigenvalue weighted by molar-refractivity contribution is 6.06. The van der Waals surface area contributed by atoms with Crippen molar-refractivity contribution in [2.75, 3.05) is 32.8 Å². The Morgan fingerprint density at radius 3 is 2.44 bits per heavy atom. The smallest absolute Gasteiger partial charge is 0.233 e. The van der Waals surface area contributed by atoms with Crippen LogP contribution in [0.4, 0.5) is 4.39 Å². The van der Waals surface area contributed by atoms with Crippen molar-refractivity contribution >= 4 is 17.8 Å². The molecule has 4 rings (SSSR count). The lowest BCUT2D eigenvalue weighted by Gasteiger charge is -2.18. The third-order valence-corrected chi connectivity index (χ3v) is 6.44. The molecule has 2 fully saturated rings. The summed E-state index contributed by atoms with van der Waals surface area (Å²) in [5.41, 5.74) is 0. The van der Waals surface area contributed by atoms with Crippen LogP contribution in [-0.4, -0.2) is 55.5 Å². The van der Waals surface area contributed by atoms with Gasteiger partial charge >= 0.3 is 0 Å². The number of nitrogens with one attached hydrogen (secondary N) is 2. The Morgan fingerprint density at radius 1 is 1.09 bits per heavy atom. The minimum atomic E-state index is -0.277. The molecule has 2 amide bonds. The summed E-state index contributed by atoms with van der Waals surface area (Å²) in [6.45, 7) is 4.72. The summed E-state index contributed by atoms with van der Waals surface area (Å²) < 4.78 is 18.5. The number of nitrogens with zero attached hydrogens (tertiary/aromatic N) is 2. The molecule has 0 radical (unpaired) electrons. The molecular formula is C24H31FN4O3. The molecule has 1 heterocycles. The van der Waals surface area contributed by atoms with Crippen molar-refractivity contribution in [1.29, 1.82) is 0 Å². The van der Waals surface area contributed by atoms with Crippen LogP contribution in [0.3, 0.4) is 0 Å². The third-order valence-electron chi connectivity index (χ3n) is 6.44. The number of amides is 2. The van der Waals surface area contributed by atoms with Gasteiger partial charge in [0.15, 0.2) is 5.96 Å². The molecule has 3 aliphatic rings. The predicted molar refractivity (Wildman–Crippen MR) is 120 cm³/mol. The summed E-state index contributed by atoms with van der Waals surface area (Å²) in [5.74, 6) is 1.23. The normalized spacial score (nSPS) is 26.1. The van der Waals surface area contributed by atoms with Crippen LogP contribution < -0.4 is 15.4 Å². The van der Waals surface area contributed by atoms with Crippen LogP contribution >= 0.6 is 0 Å². The number of carbonyl (C=O) groups excluding carboxylic acids is 2. The summed E-state index contributed by atoms with van der Waals surface area (Å²) in [6, 6.07) is 5.99. The number of aliphatic imine (C=N–C) groups is 1. The molecule has 1 aromatic carbocycles. The summed E-state index contributed by atoms with van der Waals surface area (Å²) >= 11 is 0. The second-order valence-corrected chi connectivity index (χ2v) is 8.52. The van der Waals surface area contributed by atoms with E-state index in [1.54, 1.807) is 12.1 Å². The molecule has 2 aliphatic carbocycles. The zero-order valence-electron chi connectivity index (χ0n) is 18.4. The fourth-order valence-corrected chi connectivity index (χ4v) is 4.94. The van der Waals surface area contributed by atoms with Crippen LogP contribution in [0.1, 0.15) is 26.2 Å². The lowest BCUT2D eigenvalue weighted by molar-refractivity contribution is -0.140. The summed E-state index contributed by atoms with van der Waals surface area (Å²) in [6.07, 6.45) is 6.85. The molecule has 2 N–H and O–H groups in total. The van der Waals surface area contributed by atoms with Crippen molar-refractivity contribution in [3.63, 3.8) is 0 Å². The van der Waals surface area contributed by atoms with Crippen LogP contribution in [0.5, 0.6) is 5.75 Å². The van der Waals surface area contributed by atoms with Crippen molar-refractivity contribution < 1.29 is 18.7 Å². The highest BCUT2D eigenvalue weighted by Gasteiger charge is 2.58. The minimum absolute atomic E-state index is 0.0123. The van der Waals surface area contributed by atoms with Gasteiger partial charge in [-0.2, -0.15) is 0 Å². The fourth-order valence-electron chi connectivity index (χ4n) is 4.94. The zero-order chi connectivity index (χ0) is 22.5. The Morgan fingerprint density at radius 2 is 1.78 bits per heavy atom. The molecule has 32 heavy (non-hydrogen) atoms. The maximum atomic E-state index is 12.9. The van der Waals surface area contributed by atoms with Gasteiger partial charge in [-0.15, -0.1) is 0 Å². The van der Waals surface area contributed by atoms with Crippen molar-refractivity contribution in [3.8, 4) is 5.75 Å². The van der Waals surface area contributed by atoms with Gasteiger partial charge in [0, 0.05) is 26.2 Å². The van der Waals surface area contributed by atoms with E-state index in [4.69, 9.17) is 4.74 Å². The number of imide groups is 1. The second kappa shape index (κ2) is 10.1. The SMILES string of the molecule is CCNC(=NCCCCOc1ccc(F)cc1)NCCN1C(=O)C2C3C=CC(C3)C2C1=O. The van der Waals surface area contributed by atoms with E-state index in [-0.39, 0.29) is 41.3 Å². The lowest BCUT2D eigenvalue weighted by atomic mass is 9.85. The molecule has 0 spiro atoms. The Balaban J connectivity index is 1.17. The highest BCUT2D eigenvalue weighted by Crippen LogP contribution is 2.52. The number of halogens is 1. The van der Waals surface area contributed by atoms with Gasteiger partial charge < -0.3 is 15.4 Å². The van der Waals surface area contributed by atoms with Gasteiger partial charge in [0.2, 0.25) is 11.8 Å². The maximum absolute atomic E-state index is 12.9. The Bertz CT molecular complexity index is 856. The number of fused-ring (bicyclic) bond motifs is 5. The maximum Gasteiger partial charge on any atom is 0.233 e. The van der Waals surface area contributed by atoms with E-state index in [2.05, 4.69) is 27.8 Å². The van der Waals surface area contributed by atoms with Gasteiger partial charge in [0.25, 0.3) is 0 Å². The first-order valence-corrected chi connectivity index (χ1v) is 11.5. The van der Waals surface area contributed by atoms with Crippen LogP contribution in [0.15, 0.2) is 41.4 Å². The topological polar surface area (TPSA) is 83.0 Å². The minimum Gasteiger partial charge on any atom is -0.494 e. The molecule has 4 unspecified atom stereocenters. The first-order chi connectivity index (χ1) is 15.6. The molecule has 172 valence electrons. The lowest BCUT2D eigenvalue weighted by Crippen LogP contribution is -2.43. The number of hydrogen-bond acceptors (Lipinski definition) is 4. The number of ether oxygens (including phenoxy) is 1. The second-order valence-electron chi connectivity index (χ2n) is 8.52. The molecule has 0 aromatic heterocycles. The van der Waals surface area contributed by atoms with Gasteiger partial charge in [-0.05, 0) is 62.3 Å². The fraction of sp³-hybridized carbons (Fsp3) is 0.542. The van der Waals surface area contributed by atoms with Crippen LogP contribution in [-0.2, 0) is 9.59 Å². The van der Waals surface area contributed by atoms with Gasteiger partial charge in [-0.1, -0.05) is 12.2 Å². The van der Waals surface area contributed by atoms with Gasteiger partial charge in [0.05, 0.1) is 18.4 Å². The number of guanidine groups is 1. The van der Waals surface area contributed by atoms with E-state index >= 15 is 0 Å². The average molecular weight is 443 g/mol. The Labute approximate surface area is 188 Å². The Kier molecular flexibility index (Phi) is 7.07. The molecule has 1 saturated carbocycles. The Hall–Kier alpha value is -2.90. The standard InChI is InChI=1S/C24H31FN4O3/c1-2-26-24(27-11-3-4-14-32-19-9-7-18(25)8-10-19)28-12-13-29-22(30)20-16-5-6-17(15-16)21(20)23(29)31/h5-10,16-17,20-21H,2-4,11-15H2,1H3,(H2,26,27,28). The van der Waals surface area contributed by atoms with Crippen molar-refractivity contribution in [2.24, 2.45) is 28.7 Å². The number of hydrogen-bond donors (Lipinski definition) is 2. The van der Waals surface area contributed by atoms with Crippen molar-refractivity contribution in [2.45, 2.75) is 26.2 Å². The van der Waals surface area contributed by atoms with E-state index in [0.717, 1.165) is 25.8 Å². The summed E-state index contributed by atoms with van der Waals surface area (Å²) in [7, 11) is 0. The van der Waals surface area contributed by atoms with E-state index in [1.165, 1.54) is 17.0 Å². The highest BCUT2D eigenvalue weighted by atomic mass is 19.1. The first kappa shape index (κ1) is 22.3. The third kappa shape index (κ3) is 4.79.